The molecule has 16 heavy (non-hydrogen) atoms. The summed E-state index contributed by atoms with van der Waals surface area (Å²) >= 11 is 0. The van der Waals surface area contributed by atoms with E-state index in [1.54, 1.807) is 18.2 Å². The van der Waals surface area contributed by atoms with Crippen LogP contribution in [0, 0.1) is 0 Å². The highest BCUT2D eigenvalue weighted by Crippen LogP contribution is 2.32. The predicted molar refractivity (Wildman–Crippen MR) is 54.9 cm³/mol. The third-order valence-electron chi connectivity index (χ3n) is 2.24. The van der Waals surface area contributed by atoms with E-state index in [9.17, 15) is 13.9 Å². The minimum atomic E-state index is -2.81. The molecule has 0 aliphatic rings. The number of halogens is 2. The largest absolute Gasteiger partial charge is 0.506 e. The van der Waals surface area contributed by atoms with Gasteiger partial charge in [-0.3, -0.25) is 0 Å². The second-order valence-corrected chi connectivity index (χ2v) is 3.23. The van der Waals surface area contributed by atoms with E-state index >= 15 is 0 Å². The number of benzene rings is 1. The lowest BCUT2D eigenvalue weighted by Crippen LogP contribution is -1.94. The molecule has 0 fully saturated rings. The molecule has 0 radical (unpaired) electrons. The number of para-hydroxylation sites is 1. The molecule has 1 N–H and O–H groups in total. The Kier molecular flexibility index (Phi) is 2.60. The zero-order valence-corrected chi connectivity index (χ0v) is 8.45. The fraction of sp³-hybridized carbons (Fsp3) is 0.182. The molecule has 84 valence electrons. The van der Waals surface area contributed by atoms with Crippen LogP contribution in [0.1, 0.15) is 12.1 Å². The number of ether oxygens (including phenoxy) is 1. The van der Waals surface area contributed by atoms with E-state index in [0.717, 1.165) is 0 Å². The zero-order chi connectivity index (χ0) is 11.7. The summed E-state index contributed by atoms with van der Waals surface area (Å²) in [7, 11) is 1.44. The molecule has 2 aromatic rings. The van der Waals surface area contributed by atoms with Gasteiger partial charge in [0, 0.05) is 5.39 Å². The highest BCUT2D eigenvalue weighted by Gasteiger charge is 2.17. The number of fused-ring (bicyclic) bond motifs is 1. The molecule has 3 nitrogen and oxygen atoms in total. The number of hydrogen-bond acceptors (Lipinski definition) is 3. The van der Waals surface area contributed by atoms with E-state index in [1.807, 2.05) is 0 Å². The van der Waals surface area contributed by atoms with Crippen molar-refractivity contribution in [3.63, 3.8) is 0 Å². The van der Waals surface area contributed by atoms with Crippen LogP contribution < -0.4 is 4.74 Å². The summed E-state index contributed by atoms with van der Waals surface area (Å²) in [5.74, 6) is -0.102. The second-order valence-electron chi connectivity index (χ2n) is 3.23. The van der Waals surface area contributed by atoms with E-state index in [4.69, 9.17) is 4.74 Å². The van der Waals surface area contributed by atoms with Gasteiger partial charge in [0.05, 0.1) is 7.11 Å². The summed E-state index contributed by atoms with van der Waals surface area (Å²) in [5.41, 5.74) is -0.310. The second kappa shape index (κ2) is 3.92. The van der Waals surface area contributed by atoms with Crippen LogP contribution in [0.15, 0.2) is 24.3 Å². The molecule has 0 amide bonds. The van der Waals surface area contributed by atoms with Crippen molar-refractivity contribution in [2.75, 3.05) is 7.11 Å². The van der Waals surface area contributed by atoms with Crippen LogP contribution in [0.5, 0.6) is 11.5 Å². The Bertz CT molecular complexity index is 529. The number of aromatic nitrogens is 1. The SMILES string of the molecule is COc1cccc2cc(O)c(C(F)F)nc12. The smallest absolute Gasteiger partial charge is 0.284 e. The molecule has 1 heterocycles. The number of nitrogens with zero attached hydrogens (tertiary/aromatic N) is 1. The molecule has 0 saturated heterocycles. The van der Waals surface area contributed by atoms with Crippen LogP contribution in [0.25, 0.3) is 10.9 Å². The van der Waals surface area contributed by atoms with E-state index < -0.39 is 17.9 Å². The van der Waals surface area contributed by atoms with Crippen LogP contribution in [-0.4, -0.2) is 17.2 Å². The van der Waals surface area contributed by atoms with Gasteiger partial charge in [-0.1, -0.05) is 12.1 Å². The van der Waals surface area contributed by atoms with E-state index in [2.05, 4.69) is 4.98 Å². The van der Waals surface area contributed by atoms with Gasteiger partial charge in [0.25, 0.3) is 6.43 Å². The lowest BCUT2D eigenvalue weighted by Gasteiger charge is -2.08. The Morgan fingerprint density at radius 2 is 2.12 bits per heavy atom. The average Bonchev–Trinajstić information content (AvgIpc) is 2.26. The fourth-order valence-corrected chi connectivity index (χ4v) is 1.50. The van der Waals surface area contributed by atoms with Gasteiger partial charge in [-0.05, 0) is 12.1 Å². The standard InChI is InChI=1S/C11H9F2NO2/c1-16-8-4-2-3-6-5-7(15)10(11(12)13)14-9(6)8/h2-5,11,15H,1H3. The van der Waals surface area contributed by atoms with Gasteiger partial charge >= 0.3 is 0 Å². The van der Waals surface area contributed by atoms with Crippen molar-refractivity contribution in [1.29, 1.82) is 0 Å². The van der Waals surface area contributed by atoms with E-state index in [1.165, 1.54) is 13.2 Å². The molecule has 2 rings (SSSR count). The molecule has 0 atom stereocenters. The molecule has 0 spiro atoms. The normalized spacial score (nSPS) is 11.0. The van der Waals surface area contributed by atoms with Gasteiger partial charge in [-0.2, -0.15) is 0 Å². The van der Waals surface area contributed by atoms with Crippen LogP contribution in [0.2, 0.25) is 0 Å². The van der Waals surface area contributed by atoms with Crippen molar-refractivity contribution in [3.05, 3.63) is 30.0 Å². The molecule has 0 unspecified atom stereocenters. The molecule has 0 bridgehead atoms. The maximum Gasteiger partial charge on any atom is 0.284 e. The van der Waals surface area contributed by atoms with Crippen molar-refractivity contribution in [3.8, 4) is 11.5 Å². The fourth-order valence-electron chi connectivity index (χ4n) is 1.50. The Morgan fingerprint density at radius 1 is 1.38 bits per heavy atom. The summed E-state index contributed by atoms with van der Waals surface area (Å²) in [6, 6.07) is 6.25. The maximum absolute atomic E-state index is 12.5. The van der Waals surface area contributed by atoms with Crippen molar-refractivity contribution < 1.29 is 18.6 Å². The van der Waals surface area contributed by atoms with Crippen molar-refractivity contribution in [1.82, 2.24) is 4.98 Å². The number of pyridine rings is 1. The number of rotatable bonds is 2. The van der Waals surface area contributed by atoms with E-state index in [0.29, 0.717) is 16.7 Å². The Morgan fingerprint density at radius 3 is 2.75 bits per heavy atom. The molecule has 0 aliphatic heterocycles. The Balaban J connectivity index is 2.75. The van der Waals surface area contributed by atoms with Crippen LogP contribution >= 0.6 is 0 Å². The Labute approximate surface area is 90.3 Å². The first-order chi connectivity index (χ1) is 7.63. The molecule has 1 aromatic carbocycles. The summed E-state index contributed by atoms with van der Waals surface area (Å²) in [6.07, 6.45) is -2.81. The Hall–Kier alpha value is -1.91. The first kappa shape index (κ1) is 10.6. The average molecular weight is 225 g/mol. The molecule has 1 aromatic heterocycles. The maximum atomic E-state index is 12.5. The minimum Gasteiger partial charge on any atom is -0.506 e. The topological polar surface area (TPSA) is 42.4 Å². The predicted octanol–water partition coefficient (Wildman–Crippen LogP) is 2.89. The number of methoxy groups -OCH3 is 1. The molecule has 0 saturated carbocycles. The van der Waals surface area contributed by atoms with E-state index in [-0.39, 0.29) is 0 Å². The van der Waals surface area contributed by atoms with Gasteiger partial charge < -0.3 is 9.84 Å². The lowest BCUT2D eigenvalue weighted by molar-refractivity contribution is 0.142. The molecule has 5 heteroatoms. The molecular formula is C11H9F2NO2. The third-order valence-corrected chi connectivity index (χ3v) is 2.24. The van der Waals surface area contributed by atoms with Gasteiger partial charge in [0.1, 0.15) is 22.7 Å². The van der Waals surface area contributed by atoms with Crippen molar-refractivity contribution in [2.45, 2.75) is 6.43 Å². The first-order valence-electron chi connectivity index (χ1n) is 4.58. The first-order valence-corrected chi connectivity index (χ1v) is 4.58. The van der Waals surface area contributed by atoms with Gasteiger partial charge in [0.2, 0.25) is 0 Å². The quantitative estimate of drug-likeness (QED) is 0.854. The third kappa shape index (κ3) is 1.64. The number of aromatic hydroxyl groups is 1. The van der Waals surface area contributed by atoms with Crippen LogP contribution in [0.3, 0.4) is 0 Å². The monoisotopic (exact) mass is 225 g/mol. The summed E-state index contributed by atoms with van der Waals surface area (Å²) < 4.78 is 30.1. The minimum absolute atomic E-state index is 0.318. The highest BCUT2D eigenvalue weighted by atomic mass is 19.3. The van der Waals surface area contributed by atoms with Crippen LogP contribution in [0.4, 0.5) is 8.78 Å². The lowest BCUT2D eigenvalue weighted by atomic mass is 10.1. The summed E-state index contributed by atoms with van der Waals surface area (Å²) in [5, 5.41) is 9.92. The number of hydrogen-bond donors (Lipinski definition) is 1. The molecular weight excluding hydrogens is 216 g/mol. The van der Waals surface area contributed by atoms with Gasteiger partial charge in [-0.15, -0.1) is 0 Å². The molecule has 0 aliphatic carbocycles. The van der Waals surface area contributed by atoms with Crippen LogP contribution in [-0.2, 0) is 0 Å². The van der Waals surface area contributed by atoms with Gasteiger partial charge in [-0.25, -0.2) is 13.8 Å². The summed E-state index contributed by atoms with van der Waals surface area (Å²) in [4.78, 5) is 3.72. The van der Waals surface area contributed by atoms with Gasteiger partial charge in [0.15, 0.2) is 0 Å². The van der Waals surface area contributed by atoms with Crippen molar-refractivity contribution in [2.24, 2.45) is 0 Å². The zero-order valence-electron chi connectivity index (χ0n) is 8.45. The highest BCUT2D eigenvalue weighted by molar-refractivity contribution is 5.85. The summed E-state index contributed by atoms with van der Waals surface area (Å²) in [6.45, 7) is 0. The number of alkyl halides is 2. The van der Waals surface area contributed by atoms with Crippen molar-refractivity contribution >= 4 is 10.9 Å².